The summed E-state index contributed by atoms with van der Waals surface area (Å²) in [5.41, 5.74) is 1.67. The number of carbonyl (C=O) groups is 2. The third kappa shape index (κ3) is 4.63. The van der Waals surface area contributed by atoms with Gasteiger partial charge in [0.05, 0.1) is 18.7 Å². The van der Waals surface area contributed by atoms with Crippen LogP contribution in [0.2, 0.25) is 0 Å². The topological polar surface area (TPSA) is 68.3 Å². The summed E-state index contributed by atoms with van der Waals surface area (Å²) >= 11 is 0. The van der Waals surface area contributed by atoms with Crippen LogP contribution >= 0.6 is 0 Å². The van der Waals surface area contributed by atoms with Crippen molar-refractivity contribution in [2.24, 2.45) is 0 Å². The number of carbonyl (C=O) groups excluding carboxylic acids is 2. The summed E-state index contributed by atoms with van der Waals surface area (Å²) in [4.78, 5) is 26.6. The SMILES string of the molecule is CCOC(=O)CNC(=O)Cc1ncccc1C. The minimum absolute atomic E-state index is 0.0987. The van der Waals surface area contributed by atoms with Gasteiger partial charge in [0.1, 0.15) is 6.54 Å². The number of nitrogens with zero attached hydrogens (tertiary/aromatic N) is 1. The fraction of sp³-hybridized carbons (Fsp3) is 0.417. The summed E-state index contributed by atoms with van der Waals surface area (Å²) in [7, 11) is 0. The minimum atomic E-state index is -0.432. The van der Waals surface area contributed by atoms with Gasteiger partial charge in [-0.25, -0.2) is 0 Å². The average Bonchev–Trinajstić information content (AvgIpc) is 2.30. The standard InChI is InChI=1S/C12H16N2O3/c1-3-17-12(16)8-14-11(15)7-10-9(2)5-4-6-13-10/h4-6H,3,7-8H2,1-2H3,(H,14,15). The lowest BCUT2D eigenvalue weighted by molar-refractivity contribution is -0.143. The first kappa shape index (κ1) is 13.2. The van der Waals surface area contributed by atoms with Crippen molar-refractivity contribution in [2.45, 2.75) is 20.3 Å². The molecule has 1 N–H and O–H groups in total. The van der Waals surface area contributed by atoms with Crippen LogP contribution in [0.4, 0.5) is 0 Å². The van der Waals surface area contributed by atoms with E-state index in [4.69, 9.17) is 4.74 Å². The number of amides is 1. The quantitative estimate of drug-likeness (QED) is 0.761. The molecule has 0 fully saturated rings. The lowest BCUT2D eigenvalue weighted by Crippen LogP contribution is -2.32. The van der Waals surface area contributed by atoms with Crippen LogP contribution in [0, 0.1) is 6.92 Å². The van der Waals surface area contributed by atoms with Crippen LogP contribution in [0.3, 0.4) is 0 Å². The zero-order valence-electron chi connectivity index (χ0n) is 10.0. The van der Waals surface area contributed by atoms with Crippen molar-refractivity contribution in [3.8, 4) is 0 Å². The fourth-order valence-electron chi connectivity index (χ4n) is 1.30. The minimum Gasteiger partial charge on any atom is -0.465 e. The monoisotopic (exact) mass is 236 g/mol. The number of ether oxygens (including phenoxy) is 1. The molecule has 17 heavy (non-hydrogen) atoms. The molecule has 1 aromatic rings. The number of aromatic nitrogens is 1. The Morgan fingerprint density at radius 3 is 2.88 bits per heavy atom. The van der Waals surface area contributed by atoms with Crippen LogP contribution in [-0.4, -0.2) is 30.0 Å². The summed E-state index contributed by atoms with van der Waals surface area (Å²) in [6.07, 6.45) is 1.81. The second-order valence-electron chi connectivity index (χ2n) is 3.53. The van der Waals surface area contributed by atoms with Gasteiger partial charge in [-0.2, -0.15) is 0 Å². The molecular formula is C12H16N2O3. The lowest BCUT2D eigenvalue weighted by Gasteiger charge is -2.06. The zero-order chi connectivity index (χ0) is 12.7. The highest BCUT2D eigenvalue weighted by Crippen LogP contribution is 2.03. The Morgan fingerprint density at radius 2 is 2.24 bits per heavy atom. The third-order valence-corrected chi connectivity index (χ3v) is 2.18. The van der Waals surface area contributed by atoms with E-state index in [1.807, 2.05) is 19.1 Å². The maximum atomic E-state index is 11.5. The van der Waals surface area contributed by atoms with Gasteiger partial charge in [0.15, 0.2) is 0 Å². The van der Waals surface area contributed by atoms with Crippen LogP contribution < -0.4 is 5.32 Å². The van der Waals surface area contributed by atoms with E-state index in [1.165, 1.54) is 0 Å². The highest BCUT2D eigenvalue weighted by molar-refractivity contribution is 5.83. The van der Waals surface area contributed by atoms with Gasteiger partial charge in [0.2, 0.25) is 5.91 Å². The number of hydrogen-bond donors (Lipinski definition) is 1. The Labute approximate surface area is 100 Å². The van der Waals surface area contributed by atoms with Crippen LogP contribution in [-0.2, 0) is 20.7 Å². The molecule has 0 bridgehead atoms. The van der Waals surface area contributed by atoms with Crippen molar-refractivity contribution in [1.82, 2.24) is 10.3 Å². The van der Waals surface area contributed by atoms with E-state index in [-0.39, 0.29) is 18.9 Å². The Bertz CT molecular complexity index is 404. The fourth-order valence-corrected chi connectivity index (χ4v) is 1.30. The van der Waals surface area contributed by atoms with Crippen molar-refractivity contribution in [3.05, 3.63) is 29.6 Å². The Balaban J connectivity index is 2.40. The first-order valence-corrected chi connectivity index (χ1v) is 5.46. The molecule has 0 aliphatic heterocycles. The molecule has 0 saturated heterocycles. The number of esters is 1. The first-order chi connectivity index (χ1) is 8.13. The molecule has 0 unspecified atom stereocenters. The van der Waals surface area contributed by atoms with E-state index >= 15 is 0 Å². The smallest absolute Gasteiger partial charge is 0.325 e. The van der Waals surface area contributed by atoms with Crippen molar-refractivity contribution >= 4 is 11.9 Å². The molecule has 0 aliphatic carbocycles. The predicted octanol–water partition coefficient (Wildman–Crippen LogP) is 0.612. The maximum absolute atomic E-state index is 11.5. The Morgan fingerprint density at radius 1 is 1.47 bits per heavy atom. The molecule has 0 atom stereocenters. The van der Waals surface area contributed by atoms with Gasteiger partial charge in [-0.05, 0) is 25.5 Å². The number of rotatable bonds is 5. The lowest BCUT2D eigenvalue weighted by atomic mass is 10.1. The van der Waals surface area contributed by atoms with Crippen molar-refractivity contribution < 1.29 is 14.3 Å². The van der Waals surface area contributed by atoms with Gasteiger partial charge >= 0.3 is 5.97 Å². The number of pyridine rings is 1. The van der Waals surface area contributed by atoms with Gasteiger partial charge in [0.25, 0.3) is 0 Å². The van der Waals surface area contributed by atoms with Crippen LogP contribution in [0.5, 0.6) is 0 Å². The van der Waals surface area contributed by atoms with Gasteiger partial charge in [0, 0.05) is 6.20 Å². The molecule has 92 valence electrons. The molecule has 0 aromatic carbocycles. The molecule has 0 aliphatic rings. The second-order valence-corrected chi connectivity index (χ2v) is 3.53. The highest BCUT2D eigenvalue weighted by Gasteiger charge is 2.08. The molecular weight excluding hydrogens is 220 g/mol. The predicted molar refractivity (Wildman–Crippen MR) is 62.3 cm³/mol. The molecule has 0 saturated carbocycles. The molecule has 1 heterocycles. The van der Waals surface area contributed by atoms with E-state index in [1.54, 1.807) is 13.1 Å². The Kier molecular flexibility index (Phi) is 5.13. The first-order valence-electron chi connectivity index (χ1n) is 5.46. The molecule has 5 nitrogen and oxygen atoms in total. The van der Waals surface area contributed by atoms with Gasteiger partial charge < -0.3 is 10.1 Å². The van der Waals surface area contributed by atoms with Crippen molar-refractivity contribution in [3.63, 3.8) is 0 Å². The molecule has 1 rings (SSSR count). The molecule has 1 aromatic heterocycles. The van der Waals surface area contributed by atoms with E-state index < -0.39 is 5.97 Å². The normalized spacial score (nSPS) is 9.76. The van der Waals surface area contributed by atoms with E-state index in [0.717, 1.165) is 5.56 Å². The third-order valence-electron chi connectivity index (χ3n) is 2.18. The van der Waals surface area contributed by atoms with Crippen LogP contribution in [0.15, 0.2) is 18.3 Å². The van der Waals surface area contributed by atoms with Gasteiger partial charge in [-0.15, -0.1) is 0 Å². The largest absolute Gasteiger partial charge is 0.465 e. The average molecular weight is 236 g/mol. The van der Waals surface area contributed by atoms with Crippen LogP contribution in [0.25, 0.3) is 0 Å². The number of hydrogen-bond acceptors (Lipinski definition) is 4. The van der Waals surface area contributed by atoms with Crippen LogP contribution in [0.1, 0.15) is 18.2 Å². The van der Waals surface area contributed by atoms with E-state index in [0.29, 0.717) is 12.3 Å². The highest BCUT2D eigenvalue weighted by atomic mass is 16.5. The number of aryl methyl sites for hydroxylation is 1. The summed E-state index contributed by atoms with van der Waals surface area (Å²) in [5, 5.41) is 2.49. The molecule has 5 heteroatoms. The zero-order valence-corrected chi connectivity index (χ0v) is 10.0. The molecule has 0 spiro atoms. The summed E-state index contributed by atoms with van der Waals surface area (Å²) in [6, 6.07) is 3.70. The number of nitrogens with one attached hydrogen (secondary N) is 1. The van der Waals surface area contributed by atoms with Gasteiger partial charge in [-0.3, -0.25) is 14.6 Å². The summed E-state index contributed by atoms with van der Waals surface area (Å²) in [6.45, 7) is 3.82. The van der Waals surface area contributed by atoms with Crippen molar-refractivity contribution in [1.29, 1.82) is 0 Å². The Hall–Kier alpha value is -1.91. The second kappa shape index (κ2) is 6.62. The molecule has 1 amide bonds. The summed E-state index contributed by atoms with van der Waals surface area (Å²) in [5.74, 6) is -0.668. The van der Waals surface area contributed by atoms with Gasteiger partial charge in [-0.1, -0.05) is 6.07 Å². The van der Waals surface area contributed by atoms with Crippen molar-refractivity contribution in [2.75, 3.05) is 13.2 Å². The maximum Gasteiger partial charge on any atom is 0.325 e. The molecule has 0 radical (unpaired) electrons. The van der Waals surface area contributed by atoms with E-state index in [9.17, 15) is 9.59 Å². The summed E-state index contributed by atoms with van der Waals surface area (Å²) < 4.78 is 4.70. The van der Waals surface area contributed by atoms with E-state index in [2.05, 4.69) is 10.3 Å².